The molecule has 0 saturated heterocycles. The molecule has 2 N–H and O–H groups in total. The van der Waals surface area contributed by atoms with Gasteiger partial charge >= 0.3 is 0 Å². The molecule has 23 heavy (non-hydrogen) atoms. The van der Waals surface area contributed by atoms with Crippen LogP contribution < -0.4 is 15.4 Å². The van der Waals surface area contributed by atoms with Crippen LogP contribution >= 0.6 is 0 Å². The highest BCUT2D eigenvalue weighted by molar-refractivity contribution is 5.78. The Labute approximate surface area is 140 Å². The third kappa shape index (κ3) is 7.04. The summed E-state index contributed by atoms with van der Waals surface area (Å²) < 4.78 is 5.72. The van der Waals surface area contributed by atoms with E-state index in [1.165, 1.54) is 12.8 Å². The van der Waals surface area contributed by atoms with Crippen LogP contribution in [-0.2, 0) is 4.79 Å². The lowest BCUT2D eigenvalue weighted by Gasteiger charge is -2.15. The number of carbonyl (C=O) groups is 1. The van der Waals surface area contributed by atoms with Gasteiger partial charge in [0.1, 0.15) is 5.75 Å². The maximum atomic E-state index is 11.9. The molecule has 0 radical (unpaired) electrons. The van der Waals surface area contributed by atoms with Gasteiger partial charge in [-0.15, -0.1) is 0 Å². The van der Waals surface area contributed by atoms with Crippen LogP contribution in [-0.4, -0.2) is 25.6 Å². The van der Waals surface area contributed by atoms with Gasteiger partial charge in [-0.25, -0.2) is 0 Å². The van der Waals surface area contributed by atoms with Gasteiger partial charge < -0.3 is 15.4 Å². The molecule has 1 atom stereocenters. The van der Waals surface area contributed by atoms with Crippen molar-refractivity contribution in [1.82, 2.24) is 10.6 Å². The maximum Gasteiger partial charge on any atom is 0.234 e. The number of amides is 1. The summed E-state index contributed by atoms with van der Waals surface area (Å²) in [4.78, 5) is 11.9. The number of benzene rings is 1. The molecule has 0 aliphatic heterocycles. The molecule has 1 amide bonds. The number of hydrogen-bond donors (Lipinski definition) is 2. The second-order valence-electron chi connectivity index (χ2n) is 6.96. The van der Waals surface area contributed by atoms with E-state index in [4.69, 9.17) is 4.74 Å². The van der Waals surface area contributed by atoms with Crippen LogP contribution in [0.15, 0.2) is 24.3 Å². The zero-order chi connectivity index (χ0) is 16.7. The molecule has 128 valence electrons. The Morgan fingerprint density at radius 1 is 1.22 bits per heavy atom. The fourth-order valence-electron chi connectivity index (χ4n) is 2.35. The number of carbonyl (C=O) groups excluding carboxylic acids is 1. The summed E-state index contributed by atoms with van der Waals surface area (Å²) in [6.07, 6.45) is 3.66. The van der Waals surface area contributed by atoms with E-state index >= 15 is 0 Å². The molecular weight excluding hydrogens is 288 g/mol. The standard InChI is InChI=1S/C19H30N2O2/c1-14(2)10-11-23-18-8-6-17(7-9-18)15(3)21-19(22)13-20-12-16-4-5-16/h6-9,14-16,20H,4-5,10-13H2,1-3H3,(H,21,22). The zero-order valence-electron chi connectivity index (χ0n) is 14.6. The number of nitrogens with one attached hydrogen (secondary N) is 2. The Kier molecular flexibility index (Phi) is 6.90. The summed E-state index contributed by atoms with van der Waals surface area (Å²) in [7, 11) is 0. The maximum absolute atomic E-state index is 11.9. The number of rotatable bonds is 10. The molecule has 1 fully saturated rings. The minimum absolute atomic E-state index is 0.00920. The molecule has 0 bridgehead atoms. The molecular formula is C19H30N2O2. The molecule has 1 aliphatic carbocycles. The Bertz CT molecular complexity index is 481. The van der Waals surface area contributed by atoms with E-state index in [2.05, 4.69) is 24.5 Å². The van der Waals surface area contributed by atoms with Crippen LogP contribution in [0, 0.1) is 11.8 Å². The molecule has 1 unspecified atom stereocenters. The Morgan fingerprint density at radius 3 is 2.52 bits per heavy atom. The smallest absolute Gasteiger partial charge is 0.234 e. The van der Waals surface area contributed by atoms with Crippen LogP contribution in [0.3, 0.4) is 0 Å². The van der Waals surface area contributed by atoms with E-state index in [1.807, 2.05) is 31.2 Å². The highest BCUT2D eigenvalue weighted by atomic mass is 16.5. The van der Waals surface area contributed by atoms with Crippen molar-refractivity contribution in [1.29, 1.82) is 0 Å². The van der Waals surface area contributed by atoms with Crippen molar-refractivity contribution < 1.29 is 9.53 Å². The van der Waals surface area contributed by atoms with Gasteiger partial charge in [-0.05, 0) is 62.3 Å². The molecule has 0 aromatic heterocycles. The third-order valence-corrected chi connectivity index (χ3v) is 4.14. The monoisotopic (exact) mass is 318 g/mol. The van der Waals surface area contributed by atoms with Crippen LogP contribution in [0.1, 0.15) is 51.6 Å². The van der Waals surface area contributed by atoms with Gasteiger partial charge in [0.2, 0.25) is 5.91 Å². The third-order valence-electron chi connectivity index (χ3n) is 4.14. The minimum Gasteiger partial charge on any atom is -0.494 e. The molecule has 4 nitrogen and oxygen atoms in total. The van der Waals surface area contributed by atoms with Gasteiger partial charge in [0.15, 0.2) is 0 Å². The van der Waals surface area contributed by atoms with Gasteiger partial charge in [0, 0.05) is 0 Å². The lowest BCUT2D eigenvalue weighted by atomic mass is 10.1. The lowest BCUT2D eigenvalue weighted by Crippen LogP contribution is -2.36. The lowest BCUT2D eigenvalue weighted by molar-refractivity contribution is -0.120. The molecule has 1 aromatic carbocycles. The van der Waals surface area contributed by atoms with Crippen molar-refractivity contribution in [3.05, 3.63) is 29.8 Å². The van der Waals surface area contributed by atoms with Crippen molar-refractivity contribution in [2.45, 2.75) is 46.1 Å². The summed E-state index contributed by atoms with van der Waals surface area (Å²) >= 11 is 0. The molecule has 2 rings (SSSR count). The summed E-state index contributed by atoms with van der Waals surface area (Å²) in [5.74, 6) is 2.39. The highest BCUT2D eigenvalue weighted by Crippen LogP contribution is 2.27. The van der Waals surface area contributed by atoms with Crippen molar-refractivity contribution in [2.75, 3.05) is 19.7 Å². The second-order valence-corrected chi connectivity index (χ2v) is 6.96. The van der Waals surface area contributed by atoms with Gasteiger partial charge in [-0.2, -0.15) is 0 Å². The van der Waals surface area contributed by atoms with Crippen LogP contribution in [0.5, 0.6) is 5.75 Å². The van der Waals surface area contributed by atoms with Crippen molar-refractivity contribution in [3.63, 3.8) is 0 Å². The molecule has 1 aliphatic rings. The van der Waals surface area contributed by atoms with E-state index < -0.39 is 0 Å². The van der Waals surface area contributed by atoms with Crippen LogP contribution in [0.2, 0.25) is 0 Å². The normalized spacial score (nSPS) is 15.5. The predicted octanol–water partition coefficient (Wildman–Crippen LogP) is 3.29. The number of ether oxygens (including phenoxy) is 1. The second kappa shape index (κ2) is 8.92. The van der Waals surface area contributed by atoms with Crippen molar-refractivity contribution >= 4 is 5.91 Å². The highest BCUT2D eigenvalue weighted by Gasteiger charge is 2.20. The molecule has 1 saturated carbocycles. The van der Waals surface area contributed by atoms with Crippen LogP contribution in [0.25, 0.3) is 0 Å². The van der Waals surface area contributed by atoms with E-state index in [1.54, 1.807) is 0 Å². The number of hydrogen-bond acceptors (Lipinski definition) is 3. The SMILES string of the molecule is CC(C)CCOc1ccc(C(C)NC(=O)CNCC2CC2)cc1. The Morgan fingerprint density at radius 2 is 1.91 bits per heavy atom. The van der Waals surface area contributed by atoms with Crippen LogP contribution in [0.4, 0.5) is 0 Å². The Balaban J connectivity index is 1.70. The Hall–Kier alpha value is -1.55. The largest absolute Gasteiger partial charge is 0.494 e. The first-order valence-corrected chi connectivity index (χ1v) is 8.77. The first kappa shape index (κ1) is 17.8. The molecule has 4 heteroatoms. The summed E-state index contributed by atoms with van der Waals surface area (Å²) in [5.41, 5.74) is 1.09. The average molecular weight is 318 g/mol. The van der Waals surface area contributed by atoms with Gasteiger partial charge in [-0.1, -0.05) is 26.0 Å². The predicted molar refractivity (Wildman–Crippen MR) is 93.5 cm³/mol. The average Bonchev–Trinajstić information content (AvgIpc) is 3.31. The van der Waals surface area contributed by atoms with E-state index in [0.29, 0.717) is 12.5 Å². The van der Waals surface area contributed by atoms with Gasteiger partial charge in [0.25, 0.3) is 0 Å². The van der Waals surface area contributed by atoms with Crippen molar-refractivity contribution in [2.24, 2.45) is 11.8 Å². The van der Waals surface area contributed by atoms with Crippen molar-refractivity contribution in [3.8, 4) is 5.75 Å². The summed E-state index contributed by atoms with van der Waals surface area (Å²) in [5, 5.41) is 6.24. The first-order chi connectivity index (χ1) is 11.0. The fourth-order valence-corrected chi connectivity index (χ4v) is 2.35. The molecule has 1 aromatic rings. The molecule has 0 spiro atoms. The topological polar surface area (TPSA) is 50.4 Å². The first-order valence-electron chi connectivity index (χ1n) is 8.77. The van der Waals surface area contributed by atoms with E-state index in [0.717, 1.165) is 36.8 Å². The van der Waals surface area contributed by atoms with E-state index in [9.17, 15) is 4.79 Å². The summed E-state index contributed by atoms with van der Waals surface area (Å²) in [6, 6.07) is 8.00. The molecule has 0 heterocycles. The fraction of sp³-hybridized carbons (Fsp3) is 0.632. The quantitative estimate of drug-likeness (QED) is 0.696. The zero-order valence-corrected chi connectivity index (χ0v) is 14.6. The summed E-state index contributed by atoms with van der Waals surface area (Å²) in [6.45, 7) is 8.50. The van der Waals surface area contributed by atoms with E-state index in [-0.39, 0.29) is 11.9 Å². The van der Waals surface area contributed by atoms with Gasteiger partial charge in [0.05, 0.1) is 19.2 Å². The van der Waals surface area contributed by atoms with Gasteiger partial charge in [-0.3, -0.25) is 4.79 Å². The minimum atomic E-state index is 0.00920.